The lowest BCUT2D eigenvalue weighted by molar-refractivity contribution is -0.00940. The van der Waals surface area contributed by atoms with E-state index in [9.17, 15) is 5.11 Å². The number of fused-ring (bicyclic) bond motifs is 1. The Balaban J connectivity index is 1.72. The van der Waals surface area contributed by atoms with E-state index in [4.69, 9.17) is 4.74 Å². The van der Waals surface area contributed by atoms with Crippen LogP contribution >= 0.6 is 11.8 Å². The van der Waals surface area contributed by atoms with Gasteiger partial charge in [-0.1, -0.05) is 11.8 Å². The van der Waals surface area contributed by atoms with Crippen LogP contribution < -0.4 is 10.1 Å². The highest BCUT2D eigenvalue weighted by molar-refractivity contribution is 8.14. The lowest BCUT2D eigenvalue weighted by atomic mass is 10.2. The minimum absolute atomic E-state index is 0.582. The van der Waals surface area contributed by atoms with Gasteiger partial charge in [0.25, 0.3) is 0 Å². The second-order valence-corrected chi connectivity index (χ2v) is 5.45. The Hall–Kier alpha value is -1.40. The van der Waals surface area contributed by atoms with E-state index < -0.39 is 5.85 Å². The van der Waals surface area contributed by atoms with Crippen LogP contribution in [0, 0.1) is 0 Å². The fourth-order valence-electron chi connectivity index (χ4n) is 2.27. The van der Waals surface area contributed by atoms with Crippen LogP contribution in [0.5, 0.6) is 5.75 Å². The second kappa shape index (κ2) is 4.94. The van der Waals surface area contributed by atoms with E-state index in [2.05, 4.69) is 10.3 Å². The monoisotopic (exact) mass is 279 g/mol. The predicted molar refractivity (Wildman–Crippen MR) is 77.6 cm³/mol. The lowest BCUT2D eigenvalue weighted by Crippen LogP contribution is -2.52. The number of thioether (sulfide) groups is 1. The molecule has 1 atom stereocenters. The maximum atomic E-state index is 10.7. The first-order chi connectivity index (χ1) is 9.21. The maximum Gasteiger partial charge on any atom is 0.228 e. The summed E-state index contributed by atoms with van der Waals surface area (Å²) in [6, 6.07) is 7.63. The molecule has 0 unspecified atom stereocenters. The third-order valence-electron chi connectivity index (χ3n) is 3.16. The van der Waals surface area contributed by atoms with Gasteiger partial charge in [0.05, 0.1) is 18.9 Å². The fraction of sp³-hybridized carbons (Fsp3) is 0.462. The third kappa shape index (κ3) is 2.37. The van der Waals surface area contributed by atoms with Crippen LogP contribution in [0.15, 0.2) is 29.3 Å². The molecule has 0 radical (unpaired) electrons. The number of rotatable bonds is 4. The summed E-state index contributed by atoms with van der Waals surface area (Å²) in [4.78, 5) is 6.28. The van der Waals surface area contributed by atoms with Crippen molar-refractivity contribution in [1.82, 2.24) is 4.90 Å². The number of amidine groups is 1. The summed E-state index contributed by atoms with van der Waals surface area (Å²) in [6.07, 6.45) is 0. The molecule has 0 aliphatic carbocycles. The van der Waals surface area contributed by atoms with Gasteiger partial charge < -0.3 is 20.1 Å². The van der Waals surface area contributed by atoms with Gasteiger partial charge in [0.15, 0.2) is 5.17 Å². The van der Waals surface area contributed by atoms with Gasteiger partial charge in [0.1, 0.15) is 5.75 Å². The van der Waals surface area contributed by atoms with Crippen molar-refractivity contribution in [1.29, 1.82) is 0 Å². The zero-order valence-electron chi connectivity index (χ0n) is 10.8. The molecule has 2 heterocycles. The number of benzene rings is 1. The van der Waals surface area contributed by atoms with Crippen LogP contribution in [0.3, 0.4) is 0 Å². The molecule has 0 aromatic heterocycles. The zero-order chi connectivity index (χ0) is 13.3. The molecule has 6 heteroatoms. The molecule has 0 bridgehead atoms. The van der Waals surface area contributed by atoms with E-state index in [1.165, 1.54) is 0 Å². The molecule has 102 valence electrons. The third-order valence-corrected chi connectivity index (χ3v) is 4.32. The first-order valence-corrected chi connectivity index (χ1v) is 7.38. The largest absolute Gasteiger partial charge is 0.494 e. The minimum atomic E-state index is -1.03. The van der Waals surface area contributed by atoms with E-state index in [0.29, 0.717) is 12.4 Å². The SMILES string of the molecule is CCOc1ccc(N[C@@]2(O)CSC3=NCCN32)cc1. The molecule has 1 aromatic carbocycles. The van der Waals surface area contributed by atoms with E-state index >= 15 is 0 Å². The molecule has 0 saturated carbocycles. The first kappa shape index (κ1) is 12.6. The van der Waals surface area contributed by atoms with E-state index in [-0.39, 0.29) is 0 Å². The Morgan fingerprint density at radius 1 is 1.47 bits per heavy atom. The summed E-state index contributed by atoms with van der Waals surface area (Å²) < 4.78 is 5.40. The van der Waals surface area contributed by atoms with Crippen LogP contribution in [-0.4, -0.2) is 46.5 Å². The van der Waals surface area contributed by atoms with Crippen molar-refractivity contribution in [3.05, 3.63) is 24.3 Å². The predicted octanol–water partition coefficient (Wildman–Crippen LogP) is 1.56. The van der Waals surface area contributed by atoms with E-state index in [1.807, 2.05) is 36.1 Å². The molecule has 2 aliphatic rings. The van der Waals surface area contributed by atoms with Crippen molar-refractivity contribution < 1.29 is 9.84 Å². The molecule has 1 saturated heterocycles. The molecular weight excluding hydrogens is 262 g/mol. The molecule has 5 nitrogen and oxygen atoms in total. The summed E-state index contributed by atoms with van der Waals surface area (Å²) in [5, 5.41) is 14.8. The summed E-state index contributed by atoms with van der Waals surface area (Å²) in [6.45, 7) is 4.14. The average Bonchev–Trinajstić information content (AvgIpc) is 2.98. The van der Waals surface area contributed by atoms with Crippen LogP contribution in [0.1, 0.15) is 6.92 Å². The van der Waals surface area contributed by atoms with Gasteiger partial charge in [-0.05, 0) is 31.2 Å². The molecule has 2 N–H and O–H groups in total. The molecule has 1 aromatic rings. The topological polar surface area (TPSA) is 57.1 Å². The van der Waals surface area contributed by atoms with Gasteiger partial charge in [-0.2, -0.15) is 0 Å². The highest BCUT2D eigenvalue weighted by Gasteiger charge is 2.45. The van der Waals surface area contributed by atoms with Gasteiger partial charge in [-0.25, -0.2) is 0 Å². The van der Waals surface area contributed by atoms with E-state index in [1.54, 1.807) is 11.8 Å². The Morgan fingerprint density at radius 2 is 2.26 bits per heavy atom. The van der Waals surface area contributed by atoms with Gasteiger partial charge in [0.2, 0.25) is 5.85 Å². The van der Waals surface area contributed by atoms with Crippen LogP contribution in [-0.2, 0) is 0 Å². The Kier molecular flexibility index (Phi) is 3.28. The second-order valence-electron chi connectivity index (χ2n) is 4.50. The molecule has 19 heavy (non-hydrogen) atoms. The number of aliphatic hydroxyl groups is 1. The van der Waals surface area contributed by atoms with Crippen molar-refractivity contribution in [2.75, 3.05) is 30.8 Å². The Morgan fingerprint density at radius 3 is 3.00 bits per heavy atom. The molecule has 0 amide bonds. The van der Waals surface area contributed by atoms with Gasteiger partial charge in [-0.3, -0.25) is 4.99 Å². The average molecular weight is 279 g/mol. The standard InChI is InChI=1S/C13H17N3O2S/c1-2-18-11-5-3-10(4-6-11)15-13(17)9-19-12-14-7-8-16(12)13/h3-6,15,17H,2,7-9H2,1H3/t13-/m0/s1. The zero-order valence-corrected chi connectivity index (χ0v) is 11.6. The number of nitrogens with zero attached hydrogens (tertiary/aromatic N) is 2. The number of aliphatic imine (C=N–C) groups is 1. The lowest BCUT2D eigenvalue weighted by Gasteiger charge is -2.33. The van der Waals surface area contributed by atoms with Gasteiger partial charge >= 0.3 is 0 Å². The molecule has 1 fully saturated rings. The van der Waals surface area contributed by atoms with Gasteiger partial charge in [-0.15, -0.1) is 0 Å². The van der Waals surface area contributed by atoms with Crippen LogP contribution in [0.2, 0.25) is 0 Å². The normalized spacial score (nSPS) is 25.2. The summed E-state index contributed by atoms with van der Waals surface area (Å²) in [5.41, 5.74) is 0.875. The van der Waals surface area contributed by atoms with Crippen molar-refractivity contribution in [2.45, 2.75) is 12.8 Å². The molecular formula is C13H17N3O2S. The van der Waals surface area contributed by atoms with Crippen molar-refractivity contribution in [2.24, 2.45) is 4.99 Å². The summed E-state index contributed by atoms with van der Waals surface area (Å²) >= 11 is 1.59. The highest BCUT2D eigenvalue weighted by atomic mass is 32.2. The Bertz CT molecular complexity index is 491. The number of ether oxygens (including phenoxy) is 1. The summed E-state index contributed by atoms with van der Waals surface area (Å²) in [5.74, 6) is 0.385. The van der Waals surface area contributed by atoms with Gasteiger partial charge in [0, 0.05) is 12.2 Å². The first-order valence-electron chi connectivity index (χ1n) is 6.39. The number of nitrogens with one attached hydrogen (secondary N) is 1. The molecule has 2 aliphatic heterocycles. The van der Waals surface area contributed by atoms with Crippen LogP contribution in [0.4, 0.5) is 5.69 Å². The van der Waals surface area contributed by atoms with E-state index in [0.717, 1.165) is 29.7 Å². The van der Waals surface area contributed by atoms with Crippen molar-refractivity contribution in [3.63, 3.8) is 0 Å². The number of hydrogen-bond acceptors (Lipinski definition) is 6. The van der Waals surface area contributed by atoms with Crippen molar-refractivity contribution >= 4 is 22.6 Å². The Labute approximate surface area is 116 Å². The van der Waals surface area contributed by atoms with Crippen molar-refractivity contribution in [3.8, 4) is 5.75 Å². The summed E-state index contributed by atoms with van der Waals surface area (Å²) in [7, 11) is 0. The molecule has 0 spiro atoms. The highest BCUT2D eigenvalue weighted by Crippen LogP contribution is 2.34. The quantitative estimate of drug-likeness (QED) is 0.819. The minimum Gasteiger partial charge on any atom is -0.494 e. The number of hydrogen-bond donors (Lipinski definition) is 2. The maximum absolute atomic E-state index is 10.7. The molecule has 3 rings (SSSR count). The fourth-order valence-corrected chi connectivity index (χ4v) is 3.41. The number of anilines is 1. The van der Waals surface area contributed by atoms with Crippen LogP contribution in [0.25, 0.3) is 0 Å². The smallest absolute Gasteiger partial charge is 0.228 e.